The lowest BCUT2D eigenvalue weighted by molar-refractivity contribution is 0.0107. The summed E-state index contributed by atoms with van der Waals surface area (Å²) in [4.78, 5) is 2.57. The summed E-state index contributed by atoms with van der Waals surface area (Å²) in [6, 6.07) is 11.6. The highest BCUT2D eigenvalue weighted by atomic mass is 16.5. The fourth-order valence-electron chi connectivity index (χ4n) is 3.19. The minimum absolute atomic E-state index is 0.386. The number of rotatable bonds is 6. The van der Waals surface area contributed by atoms with Crippen molar-refractivity contribution < 1.29 is 4.74 Å². The molecule has 0 amide bonds. The van der Waals surface area contributed by atoms with Gasteiger partial charge in [0.1, 0.15) is 0 Å². The SMILES string of the molecule is CCNC(c1ccccc1)C(C)N1CCCC(OC)C1. The number of methoxy groups -OCH3 is 1. The fourth-order valence-corrected chi connectivity index (χ4v) is 3.19. The summed E-state index contributed by atoms with van der Waals surface area (Å²) in [5.74, 6) is 0. The molecule has 2 rings (SSSR count). The highest BCUT2D eigenvalue weighted by molar-refractivity contribution is 5.20. The van der Waals surface area contributed by atoms with Crippen molar-refractivity contribution in [2.45, 2.75) is 44.9 Å². The van der Waals surface area contributed by atoms with Gasteiger partial charge < -0.3 is 10.1 Å². The first kappa shape index (κ1) is 15.5. The Labute approximate surface area is 123 Å². The second-order valence-corrected chi connectivity index (χ2v) is 5.68. The predicted molar refractivity (Wildman–Crippen MR) is 83.9 cm³/mol. The third-order valence-corrected chi connectivity index (χ3v) is 4.38. The average molecular weight is 276 g/mol. The van der Waals surface area contributed by atoms with Gasteiger partial charge in [-0.05, 0) is 38.4 Å². The van der Waals surface area contributed by atoms with Crippen LogP contribution >= 0.6 is 0 Å². The third kappa shape index (κ3) is 3.81. The van der Waals surface area contributed by atoms with Gasteiger partial charge in [0.05, 0.1) is 6.10 Å². The van der Waals surface area contributed by atoms with Gasteiger partial charge in [-0.3, -0.25) is 4.90 Å². The van der Waals surface area contributed by atoms with Crippen molar-refractivity contribution in [3.05, 3.63) is 35.9 Å². The van der Waals surface area contributed by atoms with Crippen LogP contribution in [0.2, 0.25) is 0 Å². The summed E-state index contributed by atoms with van der Waals surface area (Å²) in [6.45, 7) is 7.72. The summed E-state index contributed by atoms with van der Waals surface area (Å²) >= 11 is 0. The second kappa shape index (κ2) is 7.77. The predicted octanol–water partition coefficient (Wildman–Crippen LogP) is 2.84. The Morgan fingerprint density at radius 1 is 1.35 bits per heavy atom. The van der Waals surface area contributed by atoms with E-state index < -0.39 is 0 Å². The van der Waals surface area contributed by atoms with Crippen LogP contribution in [0.5, 0.6) is 0 Å². The summed E-state index contributed by atoms with van der Waals surface area (Å²) in [7, 11) is 1.83. The average Bonchev–Trinajstić information content (AvgIpc) is 2.53. The van der Waals surface area contributed by atoms with Gasteiger partial charge in [-0.2, -0.15) is 0 Å². The van der Waals surface area contributed by atoms with E-state index in [1.807, 2.05) is 7.11 Å². The van der Waals surface area contributed by atoms with Crippen LogP contribution in [0.3, 0.4) is 0 Å². The Bertz CT molecular complexity index is 382. The molecule has 3 heteroatoms. The van der Waals surface area contributed by atoms with Crippen molar-refractivity contribution in [3.63, 3.8) is 0 Å². The van der Waals surface area contributed by atoms with Crippen molar-refractivity contribution in [1.82, 2.24) is 10.2 Å². The molecule has 0 saturated carbocycles. The molecule has 1 N–H and O–H groups in total. The summed E-state index contributed by atoms with van der Waals surface area (Å²) in [6.07, 6.45) is 2.82. The van der Waals surface area contributed by atoms with Crippen LogP contribution in [0.4, 0.5) is 0 Å². The first-order valence-electron chi connectivity index (χ1n) is 7.81. The molecule has 112 valence electrons. The summed E-state index contributed by atoms with van der Waals surface area (Å²) in [5, 5.41) is 3.65. The van der Waals surface area contributed by atoms with Crippen LogP contribution in [0.25, 0.3) is 0 Å². The molecule has 1 aromatic rings. The topological polar surface area (TPSA) is 24.5 Å². The van der Waals surface area contributed by atoms with Crippen molar-refractivity contribution in [3.8, 4) is 0 Å². The van der Waals surface area contributed by atoms with Gasteiger partial charge in [0, 0.05) is 25.7 Å². The number of hydrogen-bond acceptors (Lipinski definition) is 3. The molecule has 3 atom stereocenters. The van der Waals surface area contributed by atoms with E-state index in [0.29, 0.717) is 18.2 Å². The van der Waals surface area contributed by atoms with Crippen LogP contribution in [0.1, 0.15) is 38.3 Å². The lowest BCUT2D eigenvalue weighted by Crippen LogP contribution is -2.49. The smallest absolute Gasteiger partial charge is 0.0698 e. The number of nitrogens with zero attached hydrogens (tertiary/aromatic N) is 1. The van der Waals surface area contributed by atoms with E-state index in [2.05, 4.69) is 54.4 Å². The zero-order valence-corrected chi connectivity index (χ0v) is 13.0. The minimum atomic E-state index is 0.386. The second-order valence-electron chi connectivity index (χ2n) is 5.68. The number of likely N-dealkylation sites (tertiary alicyclic amines) is 1. The maximum Gasteiger partial charge on any atom is 0.0698 e. The Hall–Kier alpha value is -0.900. The van der Waals surface area contributed by atoms with Gasteiger partial charge in [0.2, 0.25) is 0 Å². The molecule has 3 unspecified atom stereocenters. The van der Waals surface area contributed by atoms with E-state index in [1.165, 1.54) is 24.9 Å². The molecule has 1 heterocycles. The highest BCUT2D eigenvalue weighted by Gasteiger charge is 2.28. The Balaban J connectivity index is 2.08. The minimum Gasteiger partial charge on any atom is -0.380 e. The molecule has 0 spiro atoms. The Kier molecular flexibility index (Phi) is 6.02. The number of likely N-dealkylation sites (N-methyl/N-ethyl adjacent to an activating group) is 1. The highest BCUT2D eigenvalue weighted by Crippen LogP contribution is 2.24. The Morgan fingerprint density at radius 2 is 2.10 bits per heavy atom. The maximum atomic E-state index is 5.55. The van der Waals surface area contributed by atoms with Crippen LogP contribution < -0.4 is 5.32 Å². The summed E-state index contributed by atoms with van der Waals surface area (Å²) < 4.78 is 5.55. The van der Waals surface area contributed by atoms with Crippen molar-refractivity contribution in [1.29, 1.82) is 0 Å². The number of hydrogen-bond donors (Lipinski definition) is 1. The zero-order valence-electron chi connectivity index (χ0n) is 13.0. The number of nitrogens with one attached hydrogen (secondary N) is 1. The molecule has 20 heavy (non-hydrogen) atoms. The van der Waals surface area contributed by atoms with Crippen LogP contribution in [-0.2, 0) is 4.74 Å². The number of ether oxygens (including phenoxy) is 1. The van der Waals surface area contributed by atoms with Crippen LogP contribution in [0, 0.1) is 0 Å². The van der Waals surface area contributed by atoms with Gasteiger partial charge in [0.15, 0.2) is 0 Å². The first-order chi connectivity index (χ1) is 9.76. The van der Waals surface area contributed by atoms with E-state index in [9.17, 15) is 0 Å². The molecule has 0 aliphatic carbocycles. The zero-order chi connectivity index (χ0) is 14.4. The normalized spacial score (nSPS) is 23.4. The standard InChI is InChI=1S/C17H28N2O/c1-4-18-17(15-9-6-5-7-10-15)14(2)19-12-8-11-16(13-19)20-3/h5-7,9-10,14,16-18H,4,8,11-13H2,1-3H3. The molecular weight excluding hydrogens is 248 g/mol. The fraction of sp³-hybridized carbons (Fsp3) is 0.647. The van der Waals surface area contributed by atoms with Crippen molar-refractivity contribution in [2.75, 3.05) is 26.7 Å². The van der Waals surface area contributed by atoms with Crippen molar-refractivity contribution in [2.24, 2.45) is 0 Å². The van der Waals surface area contributed by atoms with Gasteiger partial charge in [-0.1, -0.05) is 37.3 Å². The van der Waals surface area contributed by atoms with Gasteiger partial charge in [-0.15, -0.1) is 0 Å². The van der Waals surface area contributed by atoms with Crippen LogP contribution in [0.15, 0.2) is 30.3 Å². The van der Waals surface area contributed by atoms with Crippen LogP contribution in [-0.4, -0.2) is 43.8 Å². The number of piperidine rings is 1. The quantitative estimate of drug-likeness (QED) is 0.864. The van der Waals surface area contributed by atoms with E-state index >= 15 is 0 Å². The first-order valence-corrected chi connectivity index (χ1v) is 7.81. The third-order valence-electron chi connectivity index (χ3n) is 4.38. The Morgan fingerprint density at radius 3 is 2.75 bits per heavy atom. The molecular formula is C17H28N2O. The van der Waals surface area contributed by atoms with Gasteiger partial charge in [-0.25, -0.2) is 0 Å². The lowest BCUT2D eigenvalue weighted by atomic mass is 9.96. The molecule has 1 fully saturated rings. The molecule has 1 aromatic carbocycles. The molecule has 3 nitrogen and oxygen atoms in total. The van der Waals surface area contributed by atoms with Crippen molar-refractivity contribution >= 4 is 0 Å². The molecule has 1 aliphatic heterocycles. The van der Waals surface area contributed by atoms with Gasteiger partial charge in [0.25, 0.3) is 0 Å². The van der Waals surface area contributed by atoms with E-state index in [1.54, 1.807) is 0 Å². The molecule has 1 aliphatic rings. The van der Waals surface area contributed by atoms with E-state index in [4.69, 9.17) is 4.74 Å². The largest absolute Gasteiger partial charge is 0.380 e. The molecule has 0 aromatic heterocycles. The number of benzene rings is 1. The molecule has 1 saturated heterocycles. The van der Waals surface area contributed by atoms with E-state index in [-0.39, 0.29) is 0 Å². The van der Waals surface area contributed by atoms with E-state index in [0.717, 1.165) is 13.1 Å². The maximum absolute atomic E-state index is 5.55. The van der Waals surface area contributed by atoms with Gasteiger partial charge >= 0.3 is 0 Å². The monoisotopic (exact) mass is 276 g/mol. The summed E-state index contributed by atoms with van der Waals surface area (Å²) in [5.41, 5.74) is 1.38. The lowest BCUT2D eigenvalue weighted by Gasteiger charge is -2.40. The molecule has 0 radical (unpaired) electrons. The molecule has 0 bridgehead atoms.